The van der Waals surface area contributed by atoms with Crippen LogP contribution in [0.2, 0.25) is 0 Å². The molecule has 0 aliphatic heterocycles. The van der Waals surface area contributed by atoms with Crippen LogP contribution in [0.15, 0.2) is 54.9 Å². The van der Waals surface area contributed by atoms with Crippen molar-refractivity contribution in [2.45, 2.75) is 13.5 Å². The highest BCUT2D eigenvalue weighted by atomic mass is 19.1. The Kier molecular flexibility index (Phi) is 5.61. The van der Waals surface area contributed by atoms with Gasteiger partial charge >= 0.3 is 0 Å². The fourth-order valence-electron chi connectivity index (χ4n) is 2.47. The third-order valence-electron chi connectivity index (χ3n) is 3.91. The van der Waals surface area contributed by atoms with Gasteiger partial charge in [0.15, 0.2) is 0 Å². The number of methoxy groups -OCH3 is 1. The molecule has 0 spiro atoms. The molecule has 0 fully saturated rings. The molecule has 0 bridgehead atoms. The average molecular weight is 366 g/mol. The summed E-state index contributed by atoms with van der Waals surface area (Å²) in [6.07, 6.45) is 2.80. The maximum atomic E-state index is 13.6. The summed E-state index contributed by atoms with van der Waals surface area (Å²) in [5, 5.41) is 5.74. The van der Waals surface area contributed by atoms with E-state index in [1.54, 1.807) is 24.3 Å². The van der Waals surface area contributed by atoms with Crippen LogP contribution in [0.1, 0.15) is 21.6 Å². The molecule has 1 amide bonds. The summed E-state index contributed by atoms with van der Waals surface area (Å²) in [7, 11) is 1.54. The van der Waals surface area contributed by atoms with Gasteiger partial charge < -0.3 is 15.4 Å². The summed E-state index contributed by atoms with van der Waals surface area (Å²) in [6, 6.07) is 12.0. The van der Waals surface area contributed by atoms with Gasteiger partial charge in [-0.25, -0.2) is 14.4 Å². The lowest BCUT2D eigenvalue weighted by atomic mass is 10.2. The molecule has 0 saturated heterocycles. The minimum absolute atomic E-state index is 0.162. The van der Waals surface area contributed by atoms with E-state index >= 15 is 0 Å². The van der Waals surface area contributed by atoms with Gasteiger partial charge in [0.25, 0.3) is 5.91 Å². The number of carbonyl (C=O) groups excluding carboxylic acids is 1. The number of aryl methyl sites for hydroxylation is 1. The van der Waals surface area contributed by atoms with Crippen molar-refractivity contribution in [2.75, 3.05) is 17.7 Å². The Morgan fingerprint density at radius 3 is 2.67 bits per heavy atom. The number of aromatic nitrogens is 2. The number of nitrogens with zero attached hydrogens (tertiary/aromatic N) is 2. The summed E-state index contributed by atoms with van der Waals surface area (Å²) < 4.78 is 18.9. The maximum absolute atomic E-state index is 13.6. The first-order chi connectivity index (χ1) is 13.1. The van der Waals surface area contributed by atoms with Crippen LogP contribution in [0.3, 0.4) is 0 Å². The molecular weight excluding hydrogens is 347 g/mol. The summed E-state index contributed by atoms with van der Waals surface area (Å²) in [6.45, 7) is 2.19. The van der Waals surface area contributed by atoms with Gasteiger partial charge in [-0.1, -0.05) is 24.3 Å². The number of benzene rings is 2. The Labute approximate surface area is 156 Å². The third-order valence-corrected chi connectivity index (χ3v) is 3.91. The normalized spacial score (nSPS) is 10.3. The fraction of sp³-hybridized carbons (Fsp3) is 0.150. The molecule has 0 unspecified atom stereocenters. The zero-order chi connectivity index (χ0) is 19.2. The molecular formula is C20H19FN4O2. The molecule has 0 aliphatic carbocycles. The van der Waals surface area contributed by atoms with E-state index in [0.29, 0.717) is 22.8 Å². The number of carbonyl (C=O) groups is 1. The first kappa shape index (κ1) is 18.3. The summed E-state index contributed by atoms with van der Waals surface area (Å²) in [5.41, 5.74) is 2.23. The second-order valence-corrected chi connectivity index (χ2v) is 5.89. The Hall–Kier alpha value is -3.48. The minimum atomic E-state index is -0.396. The molecule has 0 aliphatic rings. The van der Waals surface area contributed by atoms with Crippen LogP contribution in [0.25, 0.3) is 0 Å². The Balaban J connectivity index is 1.65. The van der Waals surface area contributed by atoms with Gasteiger partial charge in [0.1, 0.15) is 23.1 Å². The van der Waals surface area contributed by atoms with Crippen molar-refractivity contribution >= 4 is 17.4 Å². The first-order valence-corrected chi connectivity index (χ1v) is 8.32. The number of hydrogen-bond acceptors (Lipinski definition) is 5. The highest BCUT2D eigenvalue weighted by Gasteiger charge is 2.12. The fourth-order valence-corrected chi connectivity index (χ4v) is 2.47. The van der Waals surface area contributed by atoms with Crippen LogP contribution in [-0.4, -0.2) is 23.0 Å². The highest BCUT2D eigenvalue weighted by molar-refractivity contribution is 6.03. The Bertz CT molecular complexity index is 945. The van der Waals surface area contributed by atoms with Crippen LogP contribution in [0, 0.1) is 12.7 Å². The van der Waals surface area contributed by atoms with Crippen molar-refractivity contribution in [1.82, 2.24) is 9.97 Å². The largest absolute Gasteiger partial charge is 0.495 e. The highest BCUT2D eigenvalue weighted by Crippen LogP contribution is 2.25. The number of hydrogen-bond donors (Lipinski definition) is 2. The average Bonchev–Trinajstić information content (AvgIpc) is 2.68. The van der Waals surface area contributed by atoms with Crippen molar-refractivity contribution in [3.63, 3.8) is 0 Å². The molecule has 2 N–H and O–H groups in total. The molecule has 3 rings (SSSR count). The monoisotopic (exact) mass is 366 g/mol. The molecule has 0 atom stereocenters. The molecule has 138 valence electrons. The van der Waals surface area contributed by atoms with Crippen LogP contribution >= 0.6 is 0 Å². The number of anilines is 2. The topological polar surface area (TPSA) is 76.1 Å². The summed E-state index contributed by atoms with van der Waals surface area (Å²) in [4.78, 5) is 20.7. The molecule has 1 heterocycles. The molecule has 6 nitrogen and oxygen atoms in total. The third kappa shape index (κ3) is 4.58. The van der Waals surface area contributed by atoms with E-state index in [4.69, 9.17) is 4.74 Å². The van der Waals surface area contributed by atoms with Gasteiger partial charge in [-0.15, -0.1) is 0 Å². The second-order valence-electron chi connectivity index (χ2n) is 5.89. The predicted octanol–water partition coefficient (Wildman–Crippen LogP) is 3.80. The zero-order valence-corrected chi connectivity index (χ0v) is 15.0. The molecule has 3 aromatic rings. The Morgan fingerprint density at radius 2 is 1.96 bits per heavy atom. The predicted molar refractivity (Wildman–Crippen MR) is 101 cm³/mol. The van der Waals surface area contributed by atoms with E-state index in [2.05, 4.69) is 20.6 Å². The van der Waals surface area contributed by atoms with E-state index in [1.807, 2.05) is 19.1 Å². The van der Waals surface area contributed by atoms with Gasteiger partial charge in [0.05, 0.1) is 25.2 Å². The second kappa shape index (κ2) is 8.27. The van der Waals surface area contributed by atoms with Crippen LogP contribution in [0.5, 0.6) is 5.75 Å². The van der Waals surface area contributed by atoms with E-state index in [-0.39, 0.29) is 18.1 Å². The van der Waals surface area contributed by atoms with Gasteiger partial charge in [0, 0.05) is 12.1 Å². The molecule has 7 heteroatoms. The smallest absolute Gasteiger partial charge is 0.275 e. The molecule has 1 aromatic heterocycles. The molecule has 2 aromatic carbocycles. The molecule has 0 saturated carbocycles. The molecule has 27 heavy (non-hydrogen) atoms. The van der Waals surface area contributed by atoms with E-state index in [0.717, 1.165) is 5.56 Å². The van der Waals surface area contributed by atoms with Crippen LogP contribution in [-0.2, 0) is 6.54 Å². The van der Waals surface area contributed by atoms with Crippen molar-refractivity contribution in [1.29, 1.82) is 0 Å². The minimum Gasteiger partial charge on any atom is -0.495 e. The van der Waals surface area contributed by atoms with Crippen LogP contribution < -0.4 is 15.4 Å². The van der Waals surface area contributed by atoms with E-state index in [9.17, 15) is 9.18 Å². The number of nitrogens with one attached hydrogen (secondary N) is 2. The lowest BCUT2D eigenvalue weighted by Gasteiger charge is -2.11. The van der Waals surface area contributed by atoms with Crippen molar-refractivity contribution in [3.05, 3.63) is 77.5 Å². The van der Waals surface area contributed by atoms with Gasteiger partial charge in [-0.3, -0.25) is 4.79 Å². The number of amides is 1. The van der Waals surface area contributed by atoms with Crippen molar-refractivity contribution in [3.8, 4) is 5.75 Å². The number of rotatable bonds is 6. The number of halogens is 1. The quantitative estimate of drug-likeness (QED) is 0.694. The zero-order valence-electron chi connectivity index (χ0n) is 15.0. The first-order valence-electron chi connectivity index (χ1n) is 8.32. The summed E-state index contributed by atoms with van der Waals surface area (Å²) in [5.74, 6) is 0.320. The Morgan fingerprint density at radius 1 is 1.15 bits per heavy atom. The standard InChI is InChI=1S/C20H19FN4O2/c1-13-7-8-18(27-2)16(9-13)25-20(26)17-11-24-19(12-22-17)23-10-14-5-3-4-6-15(14)21/h3-9,11-12H,10H2,1-2H3,(H,23,24)(H,25,26). The van der Waals surface area contributed by atoms with Crippen LogP contribution in [0.4, 0.5) is 15.9 Å². The maximum Gasteiger partial charge on any atom is 0.275 e. The molecule has 0 radical (unpaired) electrons. The van der Waals surface area contributed by atoms with Gasteiger partial charge in [0.2, 0.25) is 0 Å². The van der Waals surface area contributed by atoms with Crippen molar-refractivity contribution < 1.29 is 13.9 Å². The van der Waals surface area contributed by atoms with Crippen molar-refractivity contribution in [2.24, 2.45) is 0 Å². The SMILES string of the molecule is COc1ccc(C)cc1NC(=O)c1cnc(NCc2ccccc2F)cn1. The van der Waals surface area contributed by atoms with E-state index < -0.39 is 5.91 Å². The van der Waals surface area contributed by atoms with Gasteiger partial charge in [-0.2, -0.15) is 0 Å². The lowest BCUT2D eigenvalue weighted by Crippen LogP contribution is -2.15. The van der Waals surface area contributed by atoms with E-state index in [1.165, 1.54) is 25.6 Å². The summed E-state index contributed by atoms with van der Waals surface area (Å²) >= 11 is 0. The number of ether oxygens (including phenoxy) is 1. The van der Waals surface area contributed by atoms with Gasteiger partial charge in [-0.05, 0) is 30.7 Å². The lowest BCUT2D eigenvalue weighted by molar-refractivity contribution is 0.102.